The standard InChI is InChI=1S/C16H23FN2O2/c1-18-10-16(20)19-8-7-13(15(11-19)21-2)9-12-3-5-14(17)6-4-12/h3-6,13,15,18H,7-11H2,1-2H3/t13-,15-/m1/s1. The molecule has 0 aliphatic carbocycles. The first-order chi connectivity index (χ1) is 10.1. The van der Waals surface area contributed by atoms with Crippen LogP contribution in [0.15, 0.2) is 24.3 Å². The first kappa shape index (κ1) is 15.9. The fraction of sp³-hybridized carbons (Fsp3) is 0.562. The van der Waals surface area contributed by atoms with Crippen molar-refractivity contribution in [1.82, 2.24) is 10.2 Å². The van der Waals surface area contributed by atoms with E-state index in [-0.39, 0.29) is 17.8 Å². The Balaban J connectivity index is 1.96. The third-order valence-corrected chi connectivity index (χ3v) is 4.09. The summed E-state index contributed by atoms with van der Waals surface area (Å²) in [5, 5.41) is 2.89. The molecule has 2 rings (SSSR count). The SMILES string of the molecule is CNCC(=O)N1CC[C@H](Cc2ccc(F)cc2)[C@H](OC)C1. The van der Waals surface area contributed by atoms with Crippen LogP contribution in [0.25, 0.3) is 0 Å². The van der Waals surface area contributed by atoms with E-state index in [4.69, 9.17) is 4.74 Å². The lowest BCUT2D eigenvalue weighted by molar-refractivity contribution is -0.135. The molecular weight excluding hydrogens is 271 g/mol. The van der Waals surface area contributed by atoms with Gasteiger partial charge in [-0.05, 0) is 43.5 Å². The first-order valence-corrected chi connectivity index (χ1v) is 7.33. The maximum Gasteiger partial charge on any atom is 0.236 e. The Kier molecular flexibility index (Phi) is 5.70. The molecule has 0 saturated carbocycles. The van der Waals surface area contributed by atoms with E-state index in [0.29, 0.717) is 19.0 Å². The topological polar surface area (TPSA) is 41.6 Å². The Morgan fingerprint density at radius 1 is 1.43 bits per heavy atom. The lowest BCUT2D eigenvalue weighted by Crippen LogP contribution is -2.49. The van der Waals surface area contributed by atoms with Crippen LogP contribution in [0.3, 0.4) is 0 Å². The molecule has 21 heavy (non-hydrogen) atoms. The summed E-state index contributed by atoms with van der Waals surface area (Å²) in [7, 11) is 3.46. The van der Waals surface area contributed by atoms with E-state index in [9.17, 15) is 9.18 Å². The predicted octanol–water partition coefficient (Wildman–Crippen LogP) is 1.45. The summed E-state index contributed by atoms with van der Waals surface area (Å²) in [4.78, 5) is 13.8. The van der Waals surface area contributed by atoms with Crippen molar-refractivity contribution in [3.63, 3.8) is 0 Å². The number of likely N-dealkylation sites (N-methyl/N-ethyl adjacent to an activating group) is 1. The summed E-state index contributed by atoms with van der Waals surface area (Å²) >= 11 is 0. The van der Waals surface area contributed by atoms with Crippen LogP contribution >= 0.6 is 0 Å². The van der Waals surface area contributed by atoms with Gasteiger partial charge in [0.25, 0.3) is 0 Å². The van der Waals surface area contributed by atoms with E-state index in [2.05, 4.69) is 5.32 Å². The molecule has 5 heteroatoms. The highest BCUT2D eigenvalue weighted by Gasteiger charge is 2.31. The van der Waals surface area contributed by atoms with Crippen LogP contribution in [0.1, 0.15) is 12.0 Å². The Hall–Kier alpha value is -1.46. The van der Waals surface area contributed by atoms with Crippen LogP contribution in [-0.2, 0) is 16.0 Å². The van der Waals surface area contributed by atoms with Gasteiger partial charge in [-0.2, -0.15) is 0 Å². The molecule has 0 aromatic heterocycles. The lowest BCUT2D eigenvalue weighted by Gasteiger charge is -2.38. The van der Waals surface area contributed by atoms with Gasteiger partial charge in [-0.25, -0.2) is 4.39 Å². The van der Waals surface area contributed by atoms with Crippen molar-refractivity contribution in [1.29, 1.82) is 0 Å². The van der Waals surface area contributed by atoms with Crippen molar-refractivity contribution >= 4 is 5.91 Å². The number of nitrogens with one attached hydrogen (secondary N) is 1. The van der Waals surface area contributed by atoms with Gasteiger partial charge in [-0.1, -0.05) is 12.1 Å². The van der Waals surface area contributed by atoms with Crippen molar-refractivity contribution in [3.8, 4) is 0 Å². The molecule has 4 nitrogen and oxygen atoms in total. The highest BCUT2D eigenvalue weighted by molar-refractivity contribution is 5.78. The zero-order valence-electron chi connectivity index (χ0n) is 12.6. The van der Waals surface area contributed by atoms with Gasteiger partial charge < -0.3 is 15.0 Å². The average molecular weight is 294 g/mol. The zero-order chi connectivity index (χ0) is 15.2. The molecule has 116 valence electrons. The minimum Gasteiger partial charge on any atom is -0.379 e. The van der Waals surface area contributed by atoms with Gasteiger partial charge in [-0.15, -0.1) is 0 Å². The van der Waals surface area contributed by atoms with E-state index in [1.807, 2.05) is 17.0 Å². The van der Waals surface area contributed by atoms with Crippen molar-refractivity contribution in [2.45, 2.75) is 18.9 Å². The molecule has 1 aliphatic heterocycles. The van der Waals surface area contributed by atoms with Gasteiger partial charge in [0, 0.05) is 20.2 Å². The van der Waals surface area contributed by atoms with Crippen LogP contribution in [0.4, 0.5) is 4.39 Å². The van der Waals surface area contributed by atoms with Crippen molar-refractivity contribution in [3.05, 3.63) is 35.6 Å². The third kappa shape index (κ3) is 4.25. The smallest absolute Gasteiger partial charge is 0.236 e. The molecule has 0 bridgehead atoms. The minimum absolute atomic E-state index is 0.0320. The summed E-state index contributed by atoms with van der Waals surface area (Å²) in [5.41, 5.74) is 1.11. The number of likely N-dealkylation sites (tertiary alicyclic amines) is 1. The molecule has 1 aromatic rings. The van der Waals surface area contributed by atoms with Crippen LogP contribution in [-0.4, -0.2) is 50.7 Å². The molecule has 1 aromatic carbocycles. The number of nitrogens with zero attached hydrogens (tertiary/aromatic N) is 1. The predicted molar refractivity (Wildman–Crippen MR) is 79.5 cm³/mol. The average Bonchev–Trinajstić information content (AvgIpc) is 2.50. The van der Waals surface area contributed by atoms with E-state index in [0.717, 1.165) is 24.9 Å². The van der Waals surface area contributed by atoms with E-state index < -0.39 is 0 Å². The number of carbonyl (C=O) groups excluding carboxylic acids is 1. The second-order valence-electron chi connectivity index (χ2n) is 5.52. The maximum absolute atomic E-state index is 12.9. The fourth-order valence-electron chi connectivity index (χ4n) is 2.88. The highest BCUT2D eigenvalue weighted by atomic mass is 19.1. The normalized spacial score (nSPS) is 22.3. The number of carbonyl (C=O) groups is 1. The molecule has 1 saturated heterocycles. The van der Waals surface area contributed by atoms with Crippen LogP contribution in [0.5, 0.6) is 0 Å². The van der Waals surface area contributed by atoms with Gasteiger partial charge in [0.2, 0.25) is 5.91 Å². The molecule has 1 heterocycles. The minimum atomic E-state index is -0.213. The molecular formula is C16H23FN2O2. The summed E-state index contributed by atoms with van der Waals surface area (Å²) in [6.07, 6.45) is 1.79. The molecule has 0 spiro atoms. The van der Waals surface area contributed by atoms with Gasteiger partial charge >= 0.3 is 0 Å². The second kappa shape index (κ2) is 7.52. The molecule has 0 unspecified atom stereocenters. The monoisotopic (exact) mass is 294 g/mol. The Labute approximate surface area is 125 Å². The molecule has 1 fully saturated rings. The number of halogens is 1. The van der Waals surface area contributed by atoms with E-state index in [1.165, 1.54) is 12.1 Å². The van der Waals surface area contributed by atoms with Crippen molar-refractivity contribution in [2.24, 2.45) is 5.92 Å². The Morgan fingerprint density at radius 2 is 2.14 bits per heavy atom. The summed E-state index contributed by atoms with van der Waals surface area (Å²) < 4.78 is 18.5. The molecule has 1 amide bonds. The fourth-order valence-corrected chi connectivity index (χ4v) is 2.88. The summed E-state index contributed by atoms with van der Waals surface area (Å²) in [6.45, 7) is 1.74. The van der Waals surface area contributed by atoms with Gasteiger partial charge in [0.15, 0.2) is 0 Å². The number of rotatable bonds is 5. The largest absolute Gasteiger partial charge is 0.379 e. The number of hydrogen-bond donors (Lipinski definition) is 1. The van der Waals surface area contributed by atoms with Crippen LogP contribution in [0, 0.1) is 11.7 Å². The van der Waals surface area contributed by atoms with Gasteiger partial charge in [0.05, 0.1) is 12.6 Å². The summed E-state index contributed by atoms with van der Waals surface area (Å²) in [5.74, 6) is 0.258. The highest BCUT2D eigenvalue weighted by Crippen LogP contribution is 2.24. The molecule has 1 N–H and O–H groups in total. The second-order valence-corrected chi connectivity index (χ2v) is 5.52. The number of amides is 1. The molecule has 2 atom stereocenters. The Bertz CT molecular complexity index is 464. The number of piperidine rings is 1. The van der Waals surface area contributed by atoms with Gasteiger partial charge in [-0.3, -0.25) is 4.79 Å². The third-order valence-electron chi connectivity index (χ3n) is 4.09. The number of benzene rings is 1. The van der Waals surface area contributed by atoms with E-state index >= 15 is 0 Å². The van der Waals surface area contributed by atoms with Crippen molar-refractivity contribution in [2.75, 3.05) is 33.8 Å². The molecule has 0 radical (unpaired) electrons. The zero-order valence-corrected chi connectivity index (χ0v) is 12.6. The number of ether oxygens (including phenoxy) is 1. The van der Waals surface area contributed by atoms with Gasteiger partial charge in [0.1, 0.15) is 5.82 Å². The van der Waals surface area contributed by atoms with E-state index in [1.54, 1.807) is 14.2 Å². The number of methoxy groups -OCH3 is 1. The van der Waals surface area contributed by atoms with Crippen LogP contribution < -0.4 is 5.32 Å². The summed E-state index contributed by atoms with van der Waals surface area (Å²) in [6, 6.07) is 6.62. The maximum atomic E-state index is 12.9. The number of hydrogen-bond acceptors (Lipinski definition) is 3. The Morgan fingerprint density at radius 3 is 2.76 bits per heavy atom. The van der Waals surface area contributed by atoms with Crippen LogP contribution in [0.2, 0.25) is 0 Å². The van der Waals surface area contributed by atoms with Crippen molar-refractivity contribution < 1.29 is 13.9 Å². The lowest BCUT2D eigenvalue weighted by atomic mass is 9.87. The quantitative estimate of drug-likeness (QED) is 0.894. The first-order valence-electron chi connectivity index (χ1n) is 7.33. The molecule has 1 aliphatic rings.